The summed E-state index contributed by atoms with van der Waals surface area (Å²) >= 11 is 0. The van der Waals surface area contributed by atoms with Crippen LogP contribution in [0.4, 0.5) is 8.78 Å². The van der Waals surface area contributed by atoms with Gasteiger partial charge in [0.05, 0.1) is 6.04 Å². The Hall–Kier alpha value is -1.49. The van der Waals surface area contributed by atoms with Crippen LogP contribution in [-0.4, -0.2) is 11.9 Å². The van der Waals surface area contributed by atoms with Gasteiger partial charge >= 0.3 is 0 Å². The fraction of sp³-hybridized carbons (Fsp3) is 0.462. The second-order valence-electron chi connectivity index (χ2n) is 4.33. The highest BCUT2D eigenvalue weighted by Crippen LogP contribution is 2.18. The average Bonchev–Trinajstić information content (AvgIpc) is 2.31. The highest BCUT2D eigenvalue weighted by molar-refractivity contribution is 5.77. The van der Waals surface area contributed by atoms with Crippen molar-refractivity contribution in [2.75, 3.05) is 0 Å². The molecule has 0 spiro atoms. The van der Waals surface area contributed by atoms with Crippen molar-refractivity contribution in [3.05, 3.63) is 35.4 Å². The van der Waals surface area contributed by atoms with Crippen LogP contribution in [-0.2, 0) is 4.79 Å². The largest absolute Gasteiger partial charge is 0.349 e. The molecule has 100 valence electrons. The summed E-state index contributed by atoms with van der Waals surface area (Å²) in [4.78, 5) is 11.6. The SMILES string of the molecule is CCC(N)CC(=O)NC(C)c1cc(F)ccc1F. The third kappa shape index (κ3) is 4.07. The molecule has 2 unspecified atom stereocenters. The summed E-state index contributed by atoms with van der Waals surface area (Å²) in [5.74, 6) is -1.33. The van der Waals surface area contributed by atoms with Gasteiger partial charge < -0.3 is 11.1 Å². The van der Waals surface area contributed by atoms with Crippen molar-refractivity contribution in [3.8, 4) is 0 Å². The minimum atomic E-state index is -0.586. The summed E-state index contributed by atoms with van der Waals surface area (Å²) < 4.78 is 26.5. The number of carbonyl (C=O) groups is 1. The van der Waals surface area contributed by atoms with E-state index in [0.29, 0.717) is 6.42 Å². The van der Waals surface area contributed by atoms with Crippen LogP contribution in [0.2, 0.25) is 0 Å². The normalized spacial score (nSPS) is 14.1. The zero-order valence-electron chi connectivity index (χ0n) is 10.5. The predicted octanol–water partition coefficient (Wildman–Crippen LogP) is 2.27. The van der Waals surface area contributed by atoms with Crippen LogP contribution in [0.15, 0.2) is 18.2 Å². The molecule has 1 amide bonds. The first-order valence-electron chi connectivity index (χ1n) is 5.94. The topological polar surface area (TPSA) is 55.1 Å². The maximum absolute atomic E-state index is 13.5. The highest BCUT2D eigenvalue weighted by Gasteiger charge is 2.15. The van der Waals surface area contributed by atoms with E-state index in [1.807, 2.05) is 6.92 Å². The van der Waals surface area contributed by atoms with Gasteiger partial charge in [0, 0.05) is 18.0 Å². The zero-order valence-corrected chi connectivity index (χ0v) is 10.5. The van der Waals surface area contributed by atoms with E-state index in [1.165, 1.54) is 0 Å². The lowest BCUT2D eigenvalue weighted by Gasteiger charge is -2.16. The van der Waals surface area contributed by atoms with Gasteiger partial charge in [0.2, 0.25) is 5.91 Å². The molecule has 0 aromatic heterocycles. The maximum Gasteiger partial charge on any atom is 0.222 e. The molecule has 18 heavy (non-hydrogen) atoms. The van der Waals surface area contributed by atoms with E-state index in [9.17, 15) is 13.6 Å². The van der Waals surface area contributed by atoms with Crippen LogP contribution in [0.1, 0.15) is 38.3 Å². The number of hydrogen-bond acceptors (Lipinski definition) is 2. The number of hydrogen-bond donors (Lipinski definition) is 2. The lowest BCUT2D eigenvalue weighted by atomic mass is 10.1. The third-order valence-corrected chi connectivity index (χ3v) is 2.77. The van der Waals surface area contributed by atoms with E-state index in [1.54, 1.807) is 6.92 Å². The van der Waals surface area contributed by atoms with E-state index in [2.05, 4.69) is 5.32 Å². The monoisotopic (exact) mass is 256 g/mol. The zero-order chi connectivity index (χ0) is 13.7. The van der Waals surface area contributed by atoms with Crippen LogP contribution in [0, 0.1) is 11.6 Å². The maximum atomic E-state index is 13.5. The molecule has 0 aliphatic rings. The number of halogens is 2. The number of nitrogens with two attached hydrogens (primary N) is 1. The molecule has 1 rings (SSSR count). The van der Waals surface area contributed by atoms with E-state index in [-0.39, 0.29) is 23.9 Å². The summed E-state index contributed by atoms with van der Waals surface area (Å²) in [5.41, 5.74) is 5.78. The van der Waals surface area contributed by atoms with Gasteiger partial charge in [0.15, 0.2) is 0 Å². The summed E-state index contributed by atoms with van der Waals surface area (Å²) in [6, 6.07) is 2.37. The Labute approximate surface area is 105 Å². The van der Waals surface area contributed by atoms with E-state index in [0.717, 1.165) is 18.2 Å². The first-order chi connectivity index (χ1) is 8.43. The van der Waals surface area contributed by atoms with Gasteiger partial charge in [0.1, 0.15) is 11.6 Å². The van der Waals surface area contributed by atoms with E-state index < -0.39 is 17.7 Å². The number of rotatable bonds is 5. The second kappa shape index (κ2) is 6.44. The van der Waals surface area contributed by atoms with Crippen molar-refractivity contribution in [2.24, 2.45) is 5.73 Å². The number of carbonyl (C=O) groups excluding carboxylic acids is 1. The summed E-state index contributed by atoms with van der Waals surface area (Å²) in [7, 11) is 0. The first kappa shape index (κ1) is 14.6. The number of amides is 1. The van der Waals surface area contributed by atoms with Gasteiger partial charge in [-0.2, -0.15) is 0 Å². The van der Waals surface area contributed by atoms with Crippen molar-refractivity contribution in [2.45, 2.75) is 38.8 Å². The van der Waals surface area contributed by atoms with Crippen LogP contribution in [0.3, 0.4) is 0 Å². The Morgan fingerprint density at radius 2 is 2.11 bits per heavy atom. The molecule has 0 saturated carbocycles. The van der Waals surface area contributed by atoms with Crippen LogP contribution >= 0.6 is 0 Å². The van der Waals surface area contributed by atoms with Crippen LogP contribution in [0.5, 0.6) is 0 Å². The molecule has 5 heteroatoms. The molecule has 3 nitrogen and oxygen atoms in total. The summed E-state index contributed by atoms with van der Waals surface area (Å²) in [5, 5.41) is 2.60. The molecule has 0 aliphatic carbocycles. The van der Waals surface area contributed by atoms with Gasteiger partial charge in [0.25, 0.3) is 0 Å². The molecule has 0 fully saturated rings. The Balaban J connectivity index is 2.67. The van der Waals surface area contributed by atoms with Gasteiger partial charge in [-0.3, -0.25) is 4.79 Å². The van der Waals surface area contributed by atoms with E-state index in [4.69, 9.17) is 5.73 Å². The minimum Gasteiger partial charge on any atom is -0.349 e. The summed E-state index contributed by atoms with van der Waals surface area (Å²) in [6.07, 6.45) is 0.869. The number of nitrogens with one attached hydrogen (secondary N) is 1. The highest BCUT2D eigenvalue weighted by atomic mass is 19.1. The lowest BCUT2D eigenvalue weighted by Crippen LogP contribution is -2.33. The fourth-order valence-electron chi connectivity index (χ4n) is 1.61. The van der Waals surface area contributed by atoms with Gasteiger partial charge in [-0.1, -0.05) is 6.92 Å². The molecule has 0 aliphatic heterocycles. The smallest absolute Gasteiger partial charge is 0.222 e. The Bertz CT molecular complexity index is 423. The molecule has 0 radical (unpaired) electrons. The van der Waals surface area contributed by atoms with Crippen LogP contribution < -0.4 is 11.1 Å². The van der Waals surface area contributed by atoms with Gasteiger partial charge in [-0.05, 0) is 31.5 Å². The molecule has 1 aromatic carbocycles. The quantitative estimate of drug-likeness (QED) is 0.849. The van der Waals surface area contributed by atoms with Gasteiger partial charge in [-0.15, -0.1) is 0 Å². The average molecular weight is 256 g/mol. The molecule has 3 N–H and O–H groups in total. The second-order valence-corrected chi connectivity index (χ2v) is 4.33. The molecule has 0 heterocycles. The van der Waals surface area contributed by atoms with Gasteiger partial charge in [-0.25, -0.2) is 8.78 Å². The van der Waals surface area contributed by atoms with Crippen molar-refractivity contribution in [1.29, 1.82) is 0 Å². The van der Waals surface area contributed by atoms with Crippen molar-refractivity contribution in [1.82, 2.24) is 5.32 Å². The van der Waals surface area contributed by atoms with Crippen molar-refractivity contribution >= 4 is 5.91 Å². The van der Waals surface area contributed by atoms with Crippen molar-refractivity contribution < 1.29 is 13.6 Å². The molecular weight excluding hydrogens is 238 g/mol. The Morgan fingerprint density at radius 3 is 2.72 bits per heavy atom. The molecule has 2 atom stereocenters. The Kier molecular flexibility index (Phi) is 5.22. The number of benzene rings is 1. The van der Waals surface area contributed by atoms with Crippen molar-refractivity contribution in [3.63, 3.8) is 0 Å². The fourth-order valence-corrected chi connectivity index (χ4v) is 1.61. The molecule has 1 aromatic rings. The molecule has 0 saturated heterocycles. The molecular formula is C13H18F2N2O. The standard InChI is InChI=1S/C13H18F2N2O/c1-3-10(16)7-13(18)17-8(2)11-6-9(14)4-5-12(11)15/h4-6,8,10H,3,7,16H2,1-2H3,(H,17,18). The minimum absolute atomic E-state index is 0.133. The Morgan fingerprint density at radius 1 is 1.44 bits per heavy atom. The van der Waals surface area contributed by atoms with E-state index >= 15 is 0 Å². The lowest BCUT2D eigenvalue weighted by molar-refractivity contribution is -0.122. The predicted molar refractivity (Wildman–Crippen MR) is 65.8 cm³/mol. The molecule has 0 bridgehead atoms. The first-order valence-corrected chi connectivity index (χ1v) is 5.94. The third-order valence-electron chi connectivity index (χ3n) is 2.77. The summed E-state index contributed by atoms with van der Waals surface area (Å²) in [6.45, 7) is 3.49. The van der Waals surface area contributed by atoms with Crippen LogP contribution in [0.25, 0.3) is 0 Å².